The first-order chi connectivity index (χ1) is 5.89. The Hall–Kier alpha value is -0.830. The summed E-state index contributed by atoms with van der Waals surface area (Å²) in [4.78, 5) is 11.7. The number of hydrogen-bond acceptors (Lipinski definition) is 2. The Kier molecular flexibility index (Phi) is 2.76. The second kappa shape index (κ2) is 3.50. The minimum absolute atomic E-state index is 0.126. The van der Waals surface area contributed by atoms with Gasteiger partial charge in [-0.15, -0.1) is 11.3 Å². The summed E-state index contributed by atoms with van der Waals surface area (Å²) in [5.74, 6) is -0.766. The third-order valence-electron chi connectivity index (χ3n) is 1.75. The molecule has 0 spiro atoms. The number of carboxylic acids is 1. The first-order valence-electron chi connectivity index (χ1n) is 4.19. The Bertz CT molecular complexity index is 307. The molecule has 0 saturated carbocycles. The third-order valence-corrected chi connectivity index (χ3v) is 3.15. The molecule has 3 heteroatoms. The minimum Gasteiger partial charge on any atom is -0.481 e. The number of aliphatic carboxylic acids is 1. The molecule has 0 aliphatic carbocycles. The van der Waals surface area contributed by atoms with E-state index in [0.29, 0.717) is 0 Å². The largest absolute Gasteiger partial charge is 0.481 e. The van der Waals surface area contributed by atoms with Gasteiger partial charge in [0.15, 0.2) is 0 Å². The Labute approximate surface area is 82.2 Å². The molecule has 1 aromatic rings. The van der Waals surface area contributed by atoms with Crippen molar-refractivity contribution in [1.29, 1.82) is 0 Å². The van der Waals surface area contributed by atoms with Crippen molar-refractivity contribution >= 4 is 17.3 Å². The number of carbonyl (C=O) groups is 1. The standard InChI is InChI=1S/C10H14O2S/c1-10(2,3)8-4-7(6-13-8)5-9(11)12/h4,6H,5H2,1-3H3,(H,11,12). The lowest BCUT2D eigenvalue weighted by molar-refractivity contribution is -0.136. The van der Waals surface area contributed by atoms with E-state index in [1.165, 1.54) is 4.88 Å². The molecule has 1 heterocycles. The van der Waals surface area contributed by atoms with Crippen LogP contribution in [0.3, 0.4) is 0 Å². The molecule has 0 atom stereocenters. The van der Waals surface area contributed by atoms with E-state index in [1.54, 1.807) is 11.3 Å². The first kappa shape index (κ1) is 10.3. The molecule has 13 heavy (non-hydrogen) atoms. The van der Waals surface area contributed by atoms with Gasteiger partial charge < -0.3 is 5.11 Å². The summed E-state index contributed by atoms with van der Waals surface area (Å²) in [5.41, 5.74) is 1.03. The Morgan fingerprint density at radius 3 is 2.54 bits per heavy atom. The second-order valence-corrected chi connectivity index (χ2v) is 5.05. The average Bonchev–Trinajstić information content (AvgIpc) is 2.32. The fourth-order valence-electron chi connectivity index (χ4n) is 1.04. The van der Waals surface area contributed by atoms with Gasteiger partial charge in [-0.25, -0.2) is 0 Å². The molecule has 0 aromatic carbocycles. The predicted octanol–water partition coefficient (Wildman–Crippen LogP) is 2.67. The Morgan fingerprint density at radius 2 is 2.15 bits per heavy atom. The summed E-state index contributed by atoms with van der Waals surface area (Å²) in [6.45, 7) is 6.39. The molecule has 0 aliphatic rings. The molecule has 0 radical (unpaired) electrons. The highest BCUT2D eigenvalue weighted by Crippen LogP contribution is 2.28. The molecule has 1 aromatic heterocycles. The van der Waals surface area contributed by atoms with Gasteiger partial charge in [-0.3, -0.25) is 4.79 Å². The van der Waals surface area contributed by atoms with Crippen molar-refractivity contribution in [1.82, 2.24) is 0 Å². The van der Waals surface area contributed by atoms with E-state index in [2.05, 4.69) is 20.8 Å². The molecular formula is C10H14O2S. The maximum Gasteiger partial charge on any atom is 0.307 e. The lowest BCUT2D eigenvalue weighted by atomic mass is 9.94. The van der Waals surface area contributed by atoms with E-state index in [0.717, 1.165) is 5.56 Å². The predicted molar refractivity (Wildman–Crippen MR) is 54.4 cm³/mol. The molecule has 0 aliphatic heterocycles. The third kappa shape index (κ3) is 2.84. The van der Waals surface area contributed by atoms with E-state index in [1.807, 2.05) is 11.4 Å². The van der Waals surface area contributed by atoms with Crippen molar-refractivity contribution in [2.24, 2.45) is 0 Å². The molecule has 0 saturated heterocycles. The van der Waals surface area contributed by atoms with Crippen molar-refractivity contribution in [3.63, 3.8) is 0 Å². The lowest BCUT2D eigenvalue weighted by Gasteiger charge is -2.15. The van der Waals surface area contributed by atoms with Crippen molar-refractivity contribution < 1.29 is 9.90 Å². The van der Waals surface area contributed by atoms with Gasteiger partial charge in [-0.05, 0) is 22.4 Å². The van der Waals surface area contributed by atoms with Crippen LogP contribution in [0.25, 0.3) is 0 Å². The highest BCUT2D eigenvalue weighted by Gasteiger charge is 2.16. The van der Waals surface area contributed by atoms with E-state index in [9.17, 15) is 4.79 Å². The number of hydrogen-bond donors (Lipinski definition) is 1. The number of thiophene rings is 1. The molecule has 72 valence electrons. The molecule has 1 rings (SSSR count). The maximum absolute atomic E-state index is 10.4. The zero-order valence-electron chi connectivity index (χ0n) is 8.13. The fraction of sp³-hybridized carbons (Fsp3) is 0.500. The van der Waals surface area contributed by atoms with Gasteiger partial charge >= 0.3 is 5.97 Å². The molecule has 0 fully saturated rings. The molecule has 0 amide bonds. The maximum atomic E-state index is 10.4. The number of carboxylic acid groups (broad SMARTS) is 1. The van der Waals surface area contributed by atoms with Crippen LogP contribution in [0.15, 0.2) is 11.4 Å². The van der Waals surface area contributed by atoms with Gasteiger partial charge in [-0.1, -0.05) is 20.8 Å². The normalized spacial score (nSPS) is 11.6. The van der Waals surface area contributed by atoms with Crippen LogP contribution in [0.4, 0.5) is 0 Å². The van der Waals surface area contributed by atoms with Crippen LogP contribution in [0, 0.1) is 0 Å². The van der Waals surface area contributed by atoms with Gasteiger partial charge in [0, 0.05) is 4.88 Å². The molecule has 0 unspecified atom stereocenters. The molecule has 1 N–H and O–H groups in total. The fourth-order valence-corrected chi connectivity index (χ4v) is 2.04. The molecule has 2 nitrogen and oxygen atoms in total. The summed E-state index contributed by atoms with van der Waals surface area (Å²) in [5, 5.41) is 10.5. The van der Waals surface area contributed by atoms with Crippen LogP contribution in [0.2, 0.25) is 0 Å². The van der Waals surface area contributed by atoms with E-state index < -0.39 is 5.97 Å². The van der Waals surface area contributed by atoms with Crippen LogP contribution < -0.4 is 0 Å². The van der Waals surface area contributed by atoms with Gasteiger partial charge in [-0.2, -0.15) is 0 Å². The van der Waals surface area contributed by atoms with Crippen LogP contribution in [-0.2, 0) is 16.6 Å². The average molecular weight is 198 g/mol. The van der Waals surface area contributed by atoms with Crippen LogP contribution in [-0.4, -0.2) is 11.1 Å². The zero-order valence-corrected chi connectivity index (χ0v) is 8.94. The summed E-state index contributed by atoms with van der Waals surface area (Å²) < 4.78 is 0. The second-order valence-electron chi connectivity index (χ2n) is 4.14. The minimum atomic E-state index is -0.766. The molecular weight excluding hydrogens is 184 g/mol. The van der Waals surface area contributed by atoms with Gasteiger partial charge in [0.2, 0.25) is 0 Å². The van der Waals surface area contributed by atoms with Crippen molar-refractivity contribution in [3.8, 4) is 0 Å². The lowest BCUT2D eigenvalue weighted by Crippen LogP contribution is -2.08. The first-order valence-corrected chi connectivity index (χ1v) is 5.07. The smallest absolute Gasteiger partial charge is 0.307 e. The topological polar surface area (TPSA) is 37.3 Å². The van der Waals surface area contributed by atoms with Gasteiger partial charge in [0.25, 0.3) is 0 Å². The monoisotopic (exact) mass is 198 g/mol. The van der Waals surface area contributed by atoms with Gasteiger partial charge in [0.05, 0.1) is 6.42 Å². The zero-order chi connectivity index (χ0) is 10.1. The van der Waals surface area contributed by atoms with Crippen molar-refractivity contribution in [2.75, 3.05) is 0 Å². The van der Waals surface area contributed by atoms with Crippen LogP contribution >= 0.6 is 11.3 Å². The van der Waals surface area contributed by atoms with E-state index in [4.69, 9.17) is 5.11 Å². The van der Waals surface area contributed by atoms with Crippen LogP contribution in [0.5, 0.6) is 0 Å². The summed E-state index contributed by atoms with van der Waals surface area (Å²) in [7, 11) is 0. The highest BCUT2D eigenvalue weighted by molar-refractivity contribution is 7.10. The van der Waals surface area contributed by atoms with Crippen molar-refractivity contribution in [3.05, 3.63) is 21.9 Å². The molecule has 0 bridgehead atoms. The van der Waals surface area contributed by atoms with E-state index >= 15 is 0 Å². The van der Waals surface area contributed by atoms with Crippen molar-refractivity contribution in [2.45, 2.75) is 32.6 Å². The summed E-state index contributed by atoms with van der Waals surface area (Å²) in [6, 6.07) is 1.98. The summed E-state index contributed by atoms with van der Waals surface area (Å²) >= 11 is 1.64. The highest BCUT2D eigenvalue weighted by atomic mass is 32.1. The van der Waals surface area contributed by atoms with Crippen LogP contribution in [0.1, 0.15) is 31.2 Å². The Morgan fingerprint density at radius 1 is 1.54 bits per heavy atom. The van der Waals surface area contributed by atoms with Gasteiger partial charge in [0.1, 0.15) is 0 Å². The SMILES string of the molecule is CC(C)(C)c1cc(CC(=O)O)cs1. The quantitative estimate of drug-likeness (QED) is 0.793. The Balaban J connectivity index is 2.81. The number of rotatable bonds is 2. The summed E-state index contributed by atoms with van der Waals surface area (Å²) in [6.07, 6.45) is 0.132. The van der Waals surface area contributed by atoms with E-state index in [-0.39, 0.29) is 11.8 Å².